The van der Waals surface area contributed by atoms with Crippen molar-refractivity contribution in [1.29, 1.82) is 0 Å². The summed E-state index contributed by atoms with van der Waals surface area (Å²) >= 11 is 0. The summed E-state index contributed by atoms with van der Waals surface area (Å²) in [6.07, 6.45) is 5.75. The van der Waals surface area contributed by atoms with E-state index < -0.39 is 0 Å². The molecule has 3 rings (SSSR count). The molecule has 2 heterocycles. The van der Waals surface area contributed by atoms with Gasteiger partial charge in [-0.05, 0) is 32.0 Å². The topological polar surface area (TPSA) is 62.2 Å². The summed E-state index contributed by atoms with van der Waals surface area (Å²) in [7, 11) is 3.66. The molecule has 2 aromatic rings. The molecule has 2 atom stereocenters. The summed E-state index contributed by atoms with van der Waals surface area (Å²) in [6.45, 7) is 2.91. The number of piperidine rings is 1. The van der Waals surface area contributed by atoms with Gasteiger partial charge in [0.05, 0.1) is 6.20 Å². The molecule has 0 bridgehead atoms. The third kappa shape index (κ3) is 4.67. The lowest BCUT2D eigenvalue weighted by Gasteiger charge is -2.33. The van der Waals surface area contributed by atoms with Crippen LogP contribution in [0.15, 0.2) is 42.7 Å². The molecular formula is C19H27N5O. The van der Waals surface area contributed by atoms with Crippen molar-refractivity contribution in [3.63, 3.8) is 0 Å². The fourth-order valence-corrected chi connectivity index (χ4v) is 3.48. The van der Waals surface area contributed by atoms with E-state index in [1.165, 1.54) is 5.56 Å². The number of carbonyl (C=O) groups excluding carboxylic acids is 1. The lowest BCUT2D eigenvalue weighted by molar-refractivity contribution is -0.124. The zero-order chi connectivity index (χ0) is 17.6. The summed E-state index contributed by atoms with van der Waals surface area (Å²) in [6, 6.07) is 10.3. The van der Waals surface area contributed by atoms with Crippen LogP contribution in [0.1, 0.15) is 30.0 Å². The number of rotatable bonds is 6. The van der Waals surface area contributed by atoms with E-state index in [1.807, 2.05) is 19.3 Å². The van der Waals surface area contributed by atoms with E-state index in [4.69, 9.17) is 0 Å². The van der Waals surface area contributed by atoms with Gasteiger partial charge in [0.2, 0.25) is 5.91 Å². The fraction of sp³-hybridized carbons (Fsp3) is 0.474. The van der Waals surface area contributed by atoms with Crippen LogP contribution in [0.4, 0.5) is 0 Å². The first kappa shape index (κ1) is 17.6. The summed E-state index contributed by atoms with van der Waals surface area (Å²) < 4.78 is 1.72. The van der Waals surface area contributed by atoms with Gasteiger partial charge in [0.25, 0.3) is 0 Å². The smallest absolute Gasteiger partial charge is 0.242 e. The predicted octanol–water partition coefficient (Wildman–Crippen LogP) is 1.46. The van der Waals surface area contributed by atoms with Crippen molar-refractivity contribution in [1.82, 2.24) is 25.3 Å². The molecule has 1 aromatic heterocycles. The number of aromatic nitrogens is 2. The molecule has 1 aliphatic rings. The molecule has 1 fully saturated rings. The third-order valence-corrected chi connectivity index (χ3v) is 4.71. The van der Waals surface area contributed by atoms with Crippen molar-refractivity contribution < 1.29 is 4.79 Å². The highest BCUT2D eigenvalue weighted by Gasteiger charge is 2.26. The maximum atomic E-state index is 12.7. The van der Waals surface area contributed by atoms with E-state index >= 15 is 0 Å². The normalized spacial score (nSPS) is 19.5. The zero-order valence-electron chi connectivity index (χ0n) is 15.0. The molecule has 0 spiro atoms. The van der Waals surface area contributed by atoms with Crippen LogP contribution in [0.5, 0.6) is 0 Å². The Bertz CT molecular complexity index is 684. The Morgan fingerprint density at radius 3 is 2.84 bits per heavy atom. The van der Waals surface area contributed by atoms with E-state index in [2.05, 4.69) is 44.9 Å². The van der Waals surface area contributed by atoms with Crippen molar-refractivity contribution in [3.05, 3.63) is 53.9 Å². The number of hydrogen-bond acceptors (Lipinski definition) is 4. The number of likely N-dealkylation sites (tertiary alicyclic amines) is 1. The maximum absolute atomic E-state index is 12.7. The molecule has 6 nitrogen and oxygen atoms in total. The Balaban J connectivity index is 1.57. The number of aryl methyl sites for hydroxylation is 1. The molecule has 0 saturated carbocycles. The Morgan fingerprint density at radius 2 is 2.16 bits per heavy atom. The average Bonchev–Trinajstić information content (AvgIpc) is 3.03. The van der Waals surface area contributed by atoms with Crippen LogP contribution in [-0.4, -0.2) is 46.8 Å². The minimum absolute atomic E-state index is 0.0158. The van der Waals surface area contributed by atoms with Crippen LogP contribution in [-0.2, 0) is 18.4 Å². The molecule has 6 heteroatoms. The lowest BCUT2D eigenvalue weighted by atomic mass is 10.0. The number of amides is 1. The van der Waals surface area contributed by atoms with Crippen LogP contribution in [0.2, 0.25) is 0 Å². The molecule has 1 saturated heterocycles. The number of likely N-dealkylation sites (N-methyl/N-ethyl adjacent to an activating group) is 1. The van der Waals surface area contributed by atoms with E-state index in [1.54, 1.807) is 17.9 Å². The molecule has 134 valence electrons. The highest BCUT2D eigenvalue weighted by Crippen LogP contribution is 2.16. The SMILES string of the molecule is CNC(C(=O)NC1CCCN(Cc2ccccc2)C1)c1cnn(C)c1. The van der Waals surface area contributed by atoms with E-state index in [0.29, 0.717) is 0 Å². The standard InChI is InChI=1S/C19H27N5O/c1-20-18(16-11-21-23(2)13-16)19(25)22-17-9-6-10-24(14-17)12-15-7-4-3-5-8-15/h3-5,7-8,11,13,17-18,20H,6,9-10,12,14H2,1-2H3,(H,22,25). The minimum atomic E-state index is -0.363. The van der Waals surface area contributed by atoms with Crippen LogP contribution >= 0.6 is 0 Å². The summed E-state index contributed by atoms with van der Waals surface area (Å²) in [4.78, 5) is 15.1. The molecule has 2 N–H and O–H groups in total. The molecule has 2 unspecified atom stereocenters. The largest absolute Gasteiger partial charge is 0.350 e. The Labute approximate surface area is 149 Å². The van der Waals surface area contributed by atoms with Gasteiger partial charge < -0.3 is 10.6 Å². The summed E-state index contributed by atoms with van der Waals surface area (Å²) in [5.41, 5.74) is 2.21. The quantitative estimate of drug-likeness (QED) is 0.835. The first-order valence-electron chi connectivity index (χ1n) is 8.88. The van der Waals surface area contributed by atoms with Crippen LogP contribution in [0.3, 0.4) is 0 Å². The highest BCUT2D eigenvalue weighted by atomic mass is 16.2. The third-order valence-electron chi connectivity index (χ3n) is 4.71. The van der Waals surface area contributed by atoms with Crippen LogP contribution < -0.4 is 10.6 Å². The van der Waals surface area contributed by atoms with Crippen LogP contribution in [0, 0.1) is 0 Å². The van der Waals surface area contributed by atoms with E-state index in [0.717, 1.165) is 38.0 Å². The monoisotopic (exact) mass is 341 g/mol. The molecule has 1 aliphatic heterocycles. The average molecular weight is 341 g/mol. The summed E-state index contributed by atoms with van der Waals surface area (Å²) in [5, 5.41) is 10.5. The van der Waals surface area contributed by atoms with Crippen molar-refractivity contribution in [2.45, 2.75) is 31.5 Å². The maximum Gasteiger partial charge on any atom is 0.242 e. The molecular weight excluding hydrogens is 314 g/mol. The second-order valence-corrected chi connectivity index (χ2v) is 6.74. The van der Waals surface area contributed by atoms with Crippen molar-refractivity contribution in [3.8, 4) is 0 Å². The number of nitrogens with zero attached hydrogens (tertiary/aromatic N) is 3. The Morgan fingerprint density at radius 1 is 1.36 bits per heavy atom. The molecule has 0 aliphatic carbocycles. The van der Waals surface area contributed by atoms with E-state index in [-0.39, 0.29) is 18.0 Å². The molecule has 1 amide bonds. The molecule has 0 radical (unpaired) electrons. The Hall–Kier alpha value is -2.18. The Kier molecular flexibility index (Phi) is 5.83. The summed E-state index contributed by atoms with van der Waals surface area (Å²) in [5.74, 6) is 0.0158. The lowest BCUT2D eigenvalue weighted by Crippen LogP contribution is -2.49. The number of nitrogens with one attached hydrogen (secondary N) is 2. The van der Waals surface area contributed by atoms with Gasteiger partial charge in [-0.3, -0.25) is 14.4 Å². The zero-order valence-corrected chi connectivity index (χ0v) is 15.0. The number of carbonyl (C=O) groups is 1. The number of hydrogen-bond donors (Lipinski definition) is 2. The van der Waals surface area contributed by atoms with Gasteiger partial charge in [0.1, 0.15) is 6.04 Å². The highest BCUT2D eigenvalue weighted by molar-refractivity contribution is 5.83. The predicted molar refractivity (Wildman–Crippen MR) is 97.9 cm³/mol. The van der Waals surface area contributed by atoms with E-state index in [9.17, 15) is 4.79 Å². The second-order valence-electron chi connectivity index (χ2n) is 6.74. The van der Waals surface area contributed by atoms with Crippen molar-refractivity contribution in [2.75, 3.05) is 20.1 Å². The first-order chi connectivity index (χ1) is 12.2. The first-order valence-corrected chi connectivity index (χ1v) is 8.88. The molecule has 25 heavy (non-hydrogen) atoms. The second kappa shape index (κ2) is 8.27. The van der Waals surface area contributed by atoms with Gasteiger partial charge >= 0.3 is 0 Å². The van der Waals surface area contributed by atoms with Gasteiger partial charge in [-0.1, -0.05) is 30.3 Å². The van der Waals surface area contributed by atoms with Crippen molar-refractivity contribution >= 4 is 5.91 Å². The number of benzene rings is 1. The van der Waals surface area contributed by atoms with Gasteiger partial charge in [-0.2, -0.15) is 5.10 Å². The van der Waals surface area contributed by atoms with Gasteiger partial charge in [-0.25, -0.2) is 0 Å². The fourth-order valence-electron chi connectivity index (χ4n) is 3.48. The van der Waals surface area contributed by atoms with Gasteiger partial charge in [0.15, 0.2) is 0 Å². The van der Waals surface area contributed by atoms with Crippen LogP contribution in [0.25, 0.3) is 0 Å². The van der Waals surface area contributed by atoms with Gasteiger partial charge in [0, 0.05) is 37.9 Å². The van der Waals surface area contributed by atoms with Crippen molar-refractivity contribution in [2.24, 2.45) is 7.05 Å². The molecule has 1 aromatic carbocycles. The van der Waals surface area contributed by atoms with Gasteiger partial charge in [-0.15, -0.1) is 0 Å². The minimum Gasteiger partial charge on any atom is -0.350 e.